The SMILES string of the molecule is COc1cc(C(=O)N2CC[C@H](n3c(C)nc4ccccc43)C2)ccn1. The van der Waals surface area contributed by atoms with Crippen molar-refractivity contribution in [2.45, 2.75) is 19.4 Å². The van der Waals surface area contributed by atoms with Crippen LogP contribution in [0.1, 0.15) is 28.6 Å². The Morgan fingerprint density at radius 1 is 1.28 bits per heavy atom. The topological polar surface area (TPSA) is 60.2 Å². The van der Waals surface area contributed by atoms with Crippen LogP contribution in [0.25, 0.3) is 11.0 Å². The summed E-state index contributed by atoms with van der Waals surface area (Å²) in [7, 11) is 1.55. The van der Waals surface area contributed by atoms with Gasteiger partial charge in [0.25, 0.3) is 5.91 Å². The highest BCUT2D eigenvalue weighted by molar-refractivity contribution is 5.94. The number of rotatable bonds is 3. The first-order valence-corrected chi connectivity index (χ1v) is 8.40. The Hall–Kier alpha value is -2.89. The Kier molecular flexibility index (Phi) is 3.87. The lowest BCUT2D eigenvalue weighted by Gasteiger charge is -2.18. The smallest absolute Gasteiger partial charge is 0.254 e. The van der Waals surface area contributed by atoms with E-state index in [1.807, 2.05) is 30.0 Å². The van der Waals surface area contributed by atoms with Crippen LogP contribution in [0.15, 0.2) is 42.6 Å². The molecule has 3 heterocycles. The minimum atomic E-state index is 0.0188. The van der Waals surface area contributed by atoms with E-state index in [0.717, 1.165) is 29.8 Å². The van der Waals surface area contributed by atoms with E-state index in [-0.39, 0.29) is 11.9 Å². The first-order valence-electron chi connectivity index (χ1n) is 8.40. The number of likely N-dealkylation sites (tertiary alicyclic amines) is 1. The second-order valence-corrected chi connectivity index (χ2v) is 6.30. The van der Waals surface area contributed by atoms with E-state index in [0.29, 0.717) is 18.0 Å². The van der Waals surface area contributed by atoms with E-state index in [1.54, 1.807) is 25.4 Å². The Morgan fingerprint density at radius 2 is 2.12 bits per heavy atom. The molecule has 1 atom stereocenters. The van der Waals surface area contributed by atoms with Crippen LogP contribution in [0.4, 0.5) is 0 Å². The van der Waals surface area contributed by atoms with E-state index >= 15 is 0 Å². The molecule has 25 heavy (non-hydrogen) atoms. The number of aromatic nitrogens is 3. The number of amides is 1. The summed E-state index contributed by atoms with van der Waals surface area (Å²) in [4.78, 5) is 23.4. The van der Waals surface area contributed by atoms with Crippen molar-refractivity contribution in [2.75, 3.05) is 20.2 Å². The molecule has 1 aliphatic heterocycles. The Labute approximate surface area is 146 Å². The summed E-state index contributed by atoms with van der Waals surface area (Å²) >= 11 is 0. The van der Waals surface area contributed by atoms with Crippen LogP contribution in [0, 0.1) is 6.92 Å². The van der Waals surface area contributed by atoms with E-state index in [9.17, 15) is 4.79 Å². The molecular formula is C19H20N4O2. The highest BCUT2D eigenvalue weighted by Crippen LogP contribution is 2.29. The van der Waals surface area contributed by atoms with Gasteiger partial charge in [-0.3, -0.25) is 4.79 Å². The van der Waals surface area contributed by atoms with E-state index in [1.165, 1.54) is 0 Å². The molecule has 0 radical (unpaired) electrons. The molecule has 6 heteroatoms. The fourth-order valence-electron chi connectivity index (χ4n) is 3.60. The Balaban J connectivity index is 1.58. The average Bonchev–Trinajstić information content (AvgIpc) is 3.24. The van der Waals surface area contributed by atoms with Crippen LogP contribution in [0.3, 0.4) is 0 Å². The van der Waals surface area contributed by atoms with Gasteiger partial charge in [-0.25, -0.2) is 9.97 Å². The third-order valence-corrected chi connectivity index (χ3v) is 4.78. The molecule has 1 aliphatic rings. The Morgan fingerprint density at radius 3 is 2.96 bits per heavy atom. The number of imidazole rings is 1. The number of carbonyl (C=O) groups is 1. The number of ether oxygens (including phenoxy) is 1. The lowest BCUT2D eigenvalue weighted by molar-refractivity contribution is 0.0787. The molecule has 1 fully saturated rings. The van der Waals surface area contributed by atoms with Gasteiger partial charge in [-0.15, -0.1) is 0 Å². The van der Waals surface area contributed by atoms with Gasteiger partial charge in [0, 0.05) is 30.9 Å². The van der Waals surface area contributed by atoms with Crippen molar-refractivity contribution in [1.29, 1.82) is 0 Å². The maximum absolute atomic E-state index is 12.8. The molecule has 3 aromatic rings. The molecule has 0 spiro atoms. The van der Waals surface area contributed by atoms with Crippen LogP contribution in [0.2, 0.25) is 0 Å². The summed E-state index contributed by atoms with van der Waals surface area (Å²) in [6, 6.07) is 11.8. The summed E-state index contributed by atoms with van der Waals surface area (Å²) in [6.45, 7) is 3.45. The molecule has 0 bridgehead atoms. The minimum absolute atomic E-state index is 0.0188. The highest BCUT2D eigenvalue weighted by atomic mass is 16.5. The van der Waals surface area contributed by atoms with Gasteiger partial charge in [0.1, 0.15) is 5.82 Å². The molecule has 1 saturated heterocycles. The highest BCUT2D eigenvalue weighted by Gasteiger charge is 2.30. The lowest BCUT2D eigenvalue weighted by atomic mass is 10.2. The molecular weight excluding hydrogens is 316 g/mol. The number of aryl methyl sites for hydroxylation is 1. The molecule has 6 nitrogen and oxygen atoms in total. The van der Waals surface area contributed by atoms with Gasteiger partial charge in [-0.05, 0) is 31.5 Å². The third-order valence-electron chi connectivity index (χ3n) is 4.78. The monoisotopic (exact) mass is 336 g/mol. The van der Waals surface area contributed by atoms with Gasteiger partial charge in [-0.1, -0.05) is 12.1 Å². The van der Waals surface area contributed by atoms with Crippen molar-refractivity contribution >= 4 is 16.9 Å². The quantitative estimate of drug-likeness (QED) is 0.738. The van der Waals surface area contributed by atoms with Crippen molar-refractivity contribution in [3.8, 4) is 5.88 Å². The number of nitrogens with zero attached hydrogens (tertiary/aromatic N) is 4. The van der Waals surface area contributed by atoms with E-state index in [4.69, 9.17) is 4.74 Å². The van der Waals surface area contributed by atoms with Gasteiger partial charge >= 0.3 is 0 Å². The number of hydrogen-bond donors (Lipinski definition) is 0. The number of para-hydroxylation sites is 2. The first-order chi connectivity index (χ1) is 12.2. The largest absolute Gasteiger partial charge is 0.481 e. The van der Waals surface area contributed by atoms with E-state index < -0.39 is 0 Å². The molecule has 1 amide bonds. The fourth-order valence-corrected chi connectivity index (χ4v) is 3.60. The summed E-state index contributed by atoms with van der Waals surface area (Å²) in [5, 5.41) is 0. The van der Waals surface area contributed by atoms with Crippen LogP contribution in [-0.4, -0.2) is 45.5 Å². The summed E-state index contributed by atoms with van der Waals surface area (Å²) < 4.78 is 7.38. The van der Waals surface area contributed by atoms with Crippen molar-refractivity contribution in [3.05, 3.63) is 54.0 Å². The van der Waals surface area contributed by atoms with Gasteiger partial charge in [0.05, 0.1) is 24.2 Å². The van der Waals surface area contributed by atoms with Crippen molar-refractivity contribution in [3.63, 3.8) is 0 Å². The number of hydrogen-bond acceptors (Lipinski definition) is 4. The van der Waals surface area contributed by atoms with Crippen molar-refractivity contribution in [2.24, 2.45) is 0 Å². The summed E-state index contributed by atoms with van der Waals surface area (Å²) in [6.07, 6.45) is 2.53. The van der Waals surface area contributed by atoms with Crippen molar-refractivity contribution < 1.29 is 9.53 Å². The lowest BCUT2D eigenvalue weighted by Crippen LogP contribution is -2.29. The Bertz CT molecular complexity index is 934. The zero-order chi connectivity index (χ0) is 17.4. The molecule has 0 saturated carbocycles. The maximum Gasteiger partial charge on any atom is 0.254 e. The normalized spacial score (nSPS) is 17.2. The van der Waals surface area contributed by atoms with Gasteiger partial charge < -0.3 is 14.2 Å². The number of carbonyl (C=O) groups excluding carboxylic acids is 1. The summed E-state index contributed by atoms with van der Waals surface area (Å²) in [5.74, 6) is 1.47. The van der Waals surface area contributed by atoms with Crippen LogP contribution in [0.5, 0.6) is 5.88 Å². The summed E-state index contributed by atoms with van der Waals surface area (Å²) in [5.41, 5.74) is 2.74. The maximum atomic E-state index is 12.8. The number of fused-ring (bicyclic) bond motifs is 1. The molecule has 128 valence electrons. The number of methoxy groups -OCH3 is 1. The molecule has 0 N–H and O–H groups in total. The second kappa shape index (κ2) is 6.20. The van der Waals surface area contributed by atoms with Gasteiger partial charge in [0.2, 0.25) is 5.88 Å². The minimum Gasteiger partial charge on any atom is -0.481 e. The van der Waals surface area contributed by atoms with E-state index in [2.05, 4.69) is 20.6 Å². The second-order valence-electron chi connectivity index (χ2n) is 6.30. The third kappa shape index (κ3) is 2.73. The molecule has 0 aliphatic carbocycles. The first kappa shape index (κ1) is 15.6. The fraction of sp³-hybridized carbons (Fsp3) is 0.316. The van der Waals surface area contributed by atoms with Gasteiger partial charge in [-0.2, -0.15) is 0 Å². The molecule has 0 unspecified atom stereocenters. The van der Waals surface area contributed by atoms with Crippen LogP contribution < -0.4 is 4.74 Å². The zero-order valence-corrected chi connectivity index (χ0v) is 14.3. The molecule has 2 aromatic heterocycles. The number of pyridine rings is 1. The van der Waals surface area contributed by atoms with Crippen LogP contribution in [-0.2, 0) is 0 Å². The standard InChI is InChI=1S/C19H20N4O2/c1-13-21-16-5-3-4-6-17(16)23(13)15-8-10-22(12-15)19(24)14-7-9-20-18(11-14)25-2/h3-7,9,11,15H,8,10,12H2,1-2H3/t15-/m0/s1. The van der Waals surface area contributed by atoms with Crippen molar-refractivity contribution in [1.82, 2.24) is 19.4 Å². The predicted molar refractivity (Wildman–Crippen MR) is 94.8 cm³/mol. The zero-order valence-electron chi connectivity index (χ0n) is 14.3. The number of benzene rings is 1. The molecule has 4 rings (SSSR count). The van der Waals surface area contributed by atoms with Crippen LogP contribution >= 0.6 is 0 Å². The van der Waals surface area contributed by atoms with Gasteiger partial charge in [0.15, 0.2) is 0 Å². The molecule has 1 aromatic carbocycles. The average molecular weight is 336 g/mol. The predicted octanol–water partition coefficient (Wildman–Crippen LogP) is 2.84.